The van der Waals surface area contributed by atoms with Crippen molar-refractivity contribution in [3.8, 4) is 0 Å². The van der Waals surface area contributed by atoms with Gasteiger partial charge in [-0.15, -0.1) is 0 Å². The first-order valence-electron chi connectivity index (χ1n) is 7.41. The lowest BCUT2D eigenvalue weighted by atomic mass is 10.0. The molecule has 0 saturated carbocycles. The van der Waals surface area contributed by atoms with Gasteiger partial charge in [0.05, 0.1) is 6.61 Å². The molecule has 2 N–H and O–H groups in total. The van der Waals surface area contributed by atoms with Crippen LogP contribution in [0.2, 0.25) is 0 Å². The molecule has 1 heterocycles. The molecule has 0 aromatic heterocycles. The Labute approximate surface area is 127 Å². The van der Waals surface area contributed by atoms with Crippen molar-refractivity contribution in [3.63, 3.8) is 0 Å². The predicted molar refractivity (Wildman–Crippen MR) is 83.1 cm³/mol. The smallest absolute Gasteiger partial charge is 0.280 e. The van der Waals surface area contributed by atoms with E-state index in [2.05, 4.69) is 4.72 Å². The summed E-state index contributed by atoms with van der Waals surface area (Å²) in [5.74, 6) is 0. The van der Waals surface area contributed by atoms with E-state index in [9.17, 15) is 13.5 Å². The fourth-order valence-corrected chi connectivity index (χ4v) is 4.54. The molecule has 1 aliphatic heterocycles. The van der Waals surface area contributed by atoms with Gasteiger partial charge in [-0.3, -0.25) is 0 Å². The minimum atomic E-state index is -3.59. The van der Waals surface area contributed by atoms with Crippen LogP contribution in [-0.2, 0) is 10.2 Å². The van der Waals surface area contributed by atoms with Crippen LogP contribution in [0.15, 0.2) is 24.3 Å². The Balaban J connectivity index is 2.15. The van der Waals surface area contributed by atoms with E-state index in [1.807, 2.05) is 38.1 Å². The van der Waals surface area contributed by atoms with Crippen molar-refractivity contribution in [1.82, 2.24) is 9.03 Å². The van der Waals surface area contributed by atoms with Crippen LogP contribution in [0, 0.1) is 6.92 Å². The largest absolute Gasteiger partial charge is 0.395 e. The molecular weight excluding hydrogens is 288 g/mol. The number of aryl methyl sites for hydroxylation is 1. The van der Waals surface area contributed by atoms with Crippen molar-refractivity contribution in [1.29, 1.82) is 0 Å². The van der Waals surface area contributed by atoms with Crippen molar-refractivity contribution in [2.45, 2.75) is 45.2 Å². The normalized spacial score (nSPS) is 22.1. The van der Waals surface area contributed by atoms with E-state index in [4.69, 9.17) is 0 Å². The lowest BCUT2D eigenvalue weighted by Gasteiger charge is -2.34. The third-order valence-electron chi connectivity index (χ3n) is 4.07. The van der Waals surface area contributed by atoms with Crippen molar-refractivity contribution >= 4 is 10.2 Å². The first-order chi connectivity index (χ1) is 9.95. The molecule has 2 atom stereocenters. The zero-order chi connectivity index (χ0) is 15.5. The maximum absolute atomic E-state index is 12.6. The number of aliphatic hydroxyl groups excluding tert-OH is 1. The molecule has 1 aromatic rings. The average Bonchev–Trinajstić information content (AvgIpc) is 2.47. The molecule has 5 nitrogen and oxygen atoms in total. The van der Waals surface area contributed by atoms with E-state index in [0.29, 0.717) is 6.54 Å². The van der Waals surface area contributed by atoms with E-state index in [0.717, 1.165) is 30.4 Å². The second kappa shape index (κ2) is 6.87. The van der Waals surface area contributed by atoms with E-state index >= 15 is 0 Å². The predicted octanol–water partition coefficient (Wildman–Crippen LogP) is 1.74. The van der Waals surface area contributed by atoms with E-state index < -0.39 is 10.2 Å². The first-order valence-corrected chi connectivity index (χ1v) is 8.85. The monoisotopic (exact) mass is 312 g/mol. The molecule has 21 heavy (non-hydrogen) atoms. The summed E-state index contributed by atoms with van der Waals surface area (Å²) in [7, 11) is -3.59. The molecule has 2 rings (SSSR count). The number of aliphatic hydroxyl groups is 1. The number of nitrogens with one attached hydrogen (secondary N) is 1. The Kier molecular flexibility index (Phi) is 5.37. The average molecular weight is 312 g/mol. The Bertz CT molecular complexity index is 574. The second-order valence-corrected chi connectivity index (χ2v) is 7.30. The molecule has 0 aliphatic carbocycles. The number of rotatable bonds is 5. The van der Waals surface area contributed by atoms with Crippen molar-refractivity contribution in [2.75, 3.05) is 13.2 Å². The highest BCUT2D eigenvalue weighted by Crippen LogP contribution is 2.23. The summed E-state index contributed by atoms with van der Waals surface area (Å²) in [4.78, 5) is 0. The Morgan fingerprint density at radius 2 is 2.10 bits per heavy atom. The summed E-state index contributed by atoms with van der Waals surface area (Å²) < 4.78 is 29.2. The molecule has 0 radical (unpaired) electrons. The number of hydrogen-bond acceptors (Lipinski definition) is 3. The van der Waals surface area contributed by atoms with Crippen LogP contribution in [0.25, 0.3) is 0 Å². The molecule has 118 valence electrons. The van der Waals surface area contributed by atoms with Gasteiger partial charge >= 0.3 is 0 Å². The fourth-order valence-electron chi connectivity index (χ4n) is 2.90. The van der Waals surface area contributed by atoms with Crippen molar-refractivity contribution < 1.29 is 13.5 Å². The van der Waals surface area contributed by atoms with Crippen LogP contribution in [-0.4, -0.2) is 37.0 Å². The van der Waals surface area contributed by atoms with Gasteiger partial charge in [-0.25, -0.2) is 0 Å². The molecule has 1 aromatic carbocycles. The minimum Gasteiger partial charge on any atom is -0.395 e. The summed E-state index contributed by atoms with van der Waals surface area (Å²) in [6.45, 7) is 4.16. The molecule has 2 unspecified atom stereocenters. The fraction of sp³-hybridized carbons (Fsp3) is 0.600. The van der Waals surface area contributed by atoms with Crippen LogP contribution >= 0.6 is 0 Å². The van der Waals surface area contributed by atoms with Gasteiger partial charge in [0, 0.05) is 18.6 Å². The van der Waals surface area contributed by atoms with Crippen molar-refractivity contribution in [3.05, 3.63) is 35.4 Å². The molecule has 0 spiro atoms. The highest BCUT2D eigenvalue weighted by atomic mass is 32.2. The third kappa shape index (κ3) is 3.83. The van der Waals surface area contributed by atoms with Gasteiger partial charge in [0.1, 0.15) is 0 Å². The summed E-state index contributed by atoms with van der Waals surface area (Å²) in [5, 5.41) is 9.39. The standard InChI is InChI=1S/C15H24N2O3S/c1-12-7-3-4-9-15(12)13(2)16-21(19,20)17-10-6-5-8-14(17)11-18/h3-4,7,9,13-14,16,18H,5-6,8,10-11H2,1-2H3. The summed E-state index contributed by atoms with van der Waals surface area (Å²) in [6.07, 6.45) is 2.52. The number of benzene rings is 1. The van der Waals surface area contributed by atoms with Gasteiger partial charge in [-0.05, 0) is 37.8 Å². The Morgan fingerprint density at radius 3 is 2.76 bits per heavy atom. The topological polar surface area (TPSA) is 69.6 Å². The van der Waals surface area contributed by atoms with Gasteiger partial charge in [-0.2, -0.15) is 17.4 Å². The van der Waals surface area contributed by atoms with Crippen LogP contribution in [0.3, 0.4) is 0 Å². The highest BCUT2D eigenvalue weighted by Gasteiger charge is 2.32. The molecule has 1 fully saturated rings. The SMILES string of the molecule is Cc1ccccc1C(C)NS(=O)(=O)N1CCCCC1CO. The van der Waals surface area contributed by atoms with Gasteiger partial charge in [0.15, 0.2) is 0 Å². The number of nitrogens with zero attached hydrogens (tertiary/aromatic N) is 1. The van der Waals surface area contributed by atoms with Gasteiger partial charge in [-0.1, -0.05) is 30.7 Å². The van der Waals surface area contributed by atoms with Crippen LogP contribution < -0.4 is 4.72 Å². The second-order valence-electron chi connectivity index (χ2n) is 5.64. The minimum absolute atomic E-state index is 0.125. The Hall–Kier alpha value is -0.950. The molecule has 0 amide bonds. The van der Waals surface area contributed by atoms with E-state index in [1.165, 1.54) is 4.31 Å². The summed E-state index contributed by atoms with van der Waals surface area (Å²) >= 11 is 0. The van der Waals surface area contributed by atoms with Crippen LogP contribution in [0.1, 0.15) is 43.4 Å². The third-order valence-corrected chi connectivity index (χ3v) is 5.82. The summed E-state index contributed by atoms with van der Waals surface area (Å²) in [6, 6.07) is 7.15. The number of hydrogen-bond donors (Lipinski definition) is 2. The lowest BCUT2D eigenvalue weighted by molar-refractivity contribution is 0.153. The molecule has 1 aliphatic rings. The van der Waals surface area contributed by atoms with Gasteiger partial charge in [0.2, 0.25) is 0 Å². The lowest BCUT2D eigenvalue weighted by Crippen LogP contribution is -2.50. The maximum Gasteiger partial charge on any atom is 0.280 e. The quantitative estimate of drug-likeness (QED) is 0.870. The number of piperidine rings is 1. The van der Waals surface area contributed by atoms with E-state index in [-0.39, 0.29) is 18.7 Å². The van der Waals surface area contributed by atoms with Crippen LogP contribution in [0.5, 0.6) is 0 Å². The molecule has 0 bridgehead atoms. The molecular formula is C15H24N2O3S. The molecule has 1 saturated heterocycles. The highest BCUT2D eigenvalue weighted by molar-refractivity contribution is 7.87. The maximum atomic E-state index is 12.6. The zero-order valence-electron chi connectivity index (χ0n) is 12.6. The first kappa shape index (κ1) is 16.4. The summed E-state index contributed by atoms with van der Waals surface area (Å²) in [5.41, 5.74) is 2.03. The zero-order valence-corrected chi connectivity index (χ0v) is 13.4. The van der Waals surface area contributed by atoms with E-state index in [1.54, 1.807) is 0 Å². The molecule has 6 heteroatoms. The van der Waals surface area contributed by atoms with Gasteiger partial charge in [0.25, 0.3) is 10.2 Å². The van der Waals surface area contributed by atoms with Gasteiger partial charge < -0.3 is 5.11 Å². The Morgan fingerprint density at radius 1 is 1.38 bits per heavy atom. The van der Waals surface area contributed by atoms with Crippen LogP contribution in [0.4, 0.5) is 0 Å². The van der Waals surface area contributed by atoms with Crippen molar-refractivity contribution in [2.24, 2.45) is 0 Å².